The van der Waals surface area contributed by atoms with Crippen molar-refractivity contribution < 1.29 is 8.78 Å². The summed E-state index contributed by atoms with van der Waals surface area (Å²) in [6.45, 7) is 0. The van der Waals surface area contributed by atoms with Gasteiger partial charge in [-0.1, -0.05) is 40.2 Å². The predicted molar refractivity (Wildman–Crippen MR) is 73.0 cm³/mol. The molecule has 0 N–H and O–H groups in total. The summed E-state index contributed by atoms with van der Waals surface area (Å²) in [4.78, 5) is 0. The highest BCUT2D eigenvalue weighted by Gasteiger charge is 2.11. The van der Waals surface area contributed by atoms with Gasteiger partial charge in [0, 0.05) is 5.33 Å². The van der Waals surface area contributed by atoms with E-state index in [1.165, 1.54) is 24.3 Å². The molecule has 0 aromatic heterocycles. The lowest BCUT2D eigenvalue weighted by molar-refractivity contribution is 0.624. The van der Waals surface area contributed by atoms with Gasteiger partial charge in [-0.15, -0.1) is 0 Å². The molecule has 0 saturated carbocycles. The first kappa shape index (κ1) is 13.2. The van der Waals surface area contributed by atoms with Crippen LogP contribution in [0.1, 0.15) is 17.0 Å². The summed E-state index contributed by atoms with van der Waals surface area (Å²) in [6, 6.07) is 13.0. The lowest BCUT2D eigenvalue weighted by atomic mass is 9.94. The molecule has 0 saturated heterocycles. The Bertz CT molecular complexity index is 491. The maximum absolute atomic E-state index is 12.9. The van der Waals surface area contributed by atoms with Crippen molar-refractivity contribution >= 4 is 15.9 Å². The Hall–Kier alpha value is -1.22. The standard InChI is InChI=1S/C15H13BrF2/c16-10-13(12-3-7-15(18)8-4-12)9-11-1-5-14(17)6-2-11/h1-8,13H,9-10H2. The molecule has 3 heteroatoms. The molecule has 2 rings (SSSR count). The Morgan fingerprint density at radius 3 is 1.83 bits per heavy atom. The summed E-state index contributed by atoms with van der Waals surface area (Å²) >= 11 is 3.48. The van der Waals surface area contributed by atoms with Crippen LogP contribution in [0.3, 0.4) is 0 Å². The van der Waals surface area contributed by atoms with E-state index >= 15 is 0 Å². The molecule has 94 valence electrons. The zero-order valence-corrected chi connectivity index (χ0v) is 11.3. The summed E-state index contributed by atoms with van der Waals surface area (Å²) in [6.07, 6.45) is 0.803. The van der Waals surface area contributed by atoms with E-state index in [9.17, 15) is 8.78 Å². The van der Waals surface area contributed by atoms with Crippen LogP contribution in [0.5, 0.6) is 0 Å². The van der Waals surface area contributed by atoms with Crippen LogP contribution in [0.25, 0.3) is 0 Å². The molecule has 0 bridgehead atoms. The Morgan fingerprint density at radius 2 is 1.33 bits per heavy atom. The molecular weight excluding hydrogens is 298 g/mol. The van der Waals surface area contributed by atoms with Crippen molar-refractivity contribution in [3.8, 4) is 0 Å². The van der Waals surface area contributed by atoms with Crippen LogP contribution in [0.15, 0.2) is 48.5 Å². The number of hydrogen-bond acceptors (Lipinski definition) is 0. The SMILES string of the molecule is Fc1ccc(CC(CBr)c2ccc(F)cc2)cc1. The van der Waals surface area contributed by atoms with Crippen molar-refractivity contribution in [2.75, 3.05) is 5.33 Å². The van der Waals surface area contributed by atoms with Gasteiger partial charge in [-0.25, -0.2) is 8.78 Å². The first-order chi connectivity index (χ1) is 8.69. The second-order valence-electron chi connectivity index (χ2n) is 4.23. The average Bonchev–Trinajstić information content (AvgIpc) is 2.39. The van der Waals surface area contributed by atoms with E-state index in [-0.39, 0.29) is 17.6 Å². The van der Waals surface area contributed by atoms with Crippen molar-refractivity contribution in [1.29, 1.82) is 0 Å². The smallest absolute Gasteiger partial charge is 0.123 e. The zero-order chi connectivity index (χ0) is 13.0. The lowest BCUT2D eigenvalue weighted by Gasteiger charge is -2.14. The topological polar surface area (TPSA) is 0 Å². The number of rotatable bonds is 4. The minimum Gasteiger partial charge on any atom is -0.207 e. The fourth-order valence-electron chi connectivity index (χ4n) is 1.90. The van der Waals surface area contributed by atoms with Crippen LogP contribution in [0, 0.1) is 11.6 Å². The molecular formula is C15H13BrF2. The molecule has 0 spiro atoms. The highest BCUT2D eigenvalue weighted by molar-refractivity contribution is 9.09. The van der Waals surface area contributed by atoms with E-state index in [0.29, 0.717) is 0 Å². The van der Waals surface area contributed by atoms with Gasteiger partial charge >= 0.3 is 0 Å². The molecule has 2 aromatic rings. The van der Waals surface area contributed by atoms with Crippen molar-refractivity contribution in [2.45, 2.75) is 12.3 Å². The van der Waals surface area contributed by atoms with E-state index < -0.39 is 0 Å². The monoisotopic (exact) mass is 310 g/mol. The maximum atomic E-state index is 12.9. The van der Waals surface area contributed by atoms with Crippen LogP contribution in [0.2, 0.25) is 0 Å². The molecule has 1 atom stereocenters. The van der Waals surface area contributed by atoms with Crippen molar-refractivity contribution in [1.82, 2.24) is 0 Å². The molecule has 0 heterocycles. The lowest BCUT2D eigenvalue weighted by Crippen LogP contribution is -2.04. The molecule has 1 unspecified atom stereocenters. The highest BCUT2D eigenvalue weighted by Crippen LogP contribution is 2.23. The van der Waals surface area contributed by atoms with Crippen LogP contribution in [0.4, 0.5) is 8.78 Å². The summed E-state index contributed by atoms with van der Waals surface area (Å²) in [5, 5.41) is 0.788. The van der Waals surface area contributed by atoms with Gasteiger partial charge in [0.1, 0.15) is 11.6 Å². The van der Waals surface area contributed by atoms with Gasteiger partial charge in [0.25, 0.3) is 0 Å². The Morgan fingerprint density at radius 1 is 0.833 bits per heavy atom. The number of hydrogen-bond donors (Lipinski definition) is 0. The molecule has 0 amide bonds. The fourth-order valence-corrected chi connectivity index (χ4v) is 2.50. The molecule has 2 aromatic carbocycles. The average molecular weight is 311 g/mol. The fraction of sp³-hybridized carbons (Fsp3) is 0.200. The van der Waals surface area contributed by atoms with Crippen LogP contribution < -0.4 is 0 Å². The highest BCUT2D eigenvalue weighted by atomic mass is 79.9. The molecule has 0 nitrogen and oxygen atoms in total. The first-order valence-corrected chi connectivity index (χ1v) is 6.87. The summed E-state index contributed by atoms with van der Waals surface area (Å²) in [5.41, 5.74) is 2.16. The molecule has 0 aliphatic rings. The van der Waals surface area contributed by atoms with Gasteiger partial charge < -0.3 is 0 Å². The van der Waals surface area contributed by atoms with Gasteiger partial charge in [-0.3, -0.25) is 0 Å². The second kappa shape index (κ2) is 6.10. The van der Waals surface area contributed by atoms with E-state index in [0.717, 1.165) is 22.9 Å². The normalized spacial score (nSPS) is 12.4. The molecule has 0 aliphatic heterocycles. The van der Waals surface area contributed by atoms with Crippen molar-refractivity contribution in [3.05, 3.63) is 71.3 Å². The minimum absolute atomic E-state index is 0.226. The zero-order valence-electron chi connectivity index (χ0n) is 9.74. The van der Waals surface area contributed by atoms with E-state index in [1.807, 2.05) is 0 Å². The third kappa shape index (κ3) is 3.39. The van der Waals surface area contributed by atoms with Gasteiger partial charge in [-0.05, 0) is 47.7 Å². The summed E-state index contributed by atoms with van der Waals surface area (Å²) in [5.74, 6) is -0.194. The summed E-state index contributed by atoms with van der Waals surface area (Å²) in [7, 11) is 0. The Balaban J connectivity index is 2.14. The molecule has 18 heavy (non-hydrogen) atoms. The molecule has 0 radical (unpaired) electrons. The Kier molecular flexibility index (Phi) is 4.48. The molecule has 0 fully saturated rings. The third-order valence-electron chi connectivity index (χ3n) is 2.92. The Labute approximate surface area is 114 Å². The second-order valence-corrected chi connectivity index (χ2v) is 4.88. The van der Waals surface area contributed by atoms with Gasteiger partial charge in [0.2, 0.25) is 0 Å². The number of halogens is 3. The summed E-state index contributed by atoms with van der Waals surface area (Å²) < 4.78 is 25.7. The van der Waals surface area contributed by atoms with Crippen molar-refractivity contribution in [3.63, 3.8) is 0 Å². The number of alkyl halides is 1. The quantitative estimate of drug-likeness (QED) is 0.719. The molecule has 0 aliphatic carbocycles. The van der Waals surface area contributed by atoms with Gasteiger partial charge in [0.05, 0.1) is 0 Å². The van der Waals surface area contributed by atoms with E-state index in [4.69, 9.17) is 0 Å². The largest absolute Gasteiger partial charge is 0.207 e. The predicted octanol–water partition coefficient (Wildman–Crippen LogP) is 4.69. The first-order valence-electron chi connectivity index (χ1n) is 5.75. The number of benzene rings is 2. The minimum atomic E-state index is -0.228. The van der Waals surface area contributed by atoms with E-state index in [2.05, 4.69) is 15.9 Å². The third-order valence-corrected chi connectivity index (χ3v) is 3.70. The van der Waals surface area contributed by atoms with Crippen LogP contribution in [-0.2, 0) is 6.42 Å². The van der Waals surface area contributed by atoms with Crippen molar-refractivity contribution in [2.24, 2.45) is 0 Å². The maximum Gasteiger partial charge on any atom is 0.123 e. The van der Waals surface area contributed by atoms with Crippen LogP contribution in [-0.4, -0.2) is 5.33 Å². The van der Waals surface area contributed by atoms with Crippen LogP contribution >= 0.6 is 15.9 Å². The van der Waals surface area contributed by atoms with E-state index in [1.54, 1.807) is 24.3 Å². The van der Waals surface area contributed by atoms with Gasteiger partial charge in [-0.2, -0.15) is 0 Å². The van der Waals surface area contributed by atoms with Gasteiger partial charge in [0.15, 0.2) is 0 Å².